The molecule has 0 aliphatic carbocycles. The van der Waals surface area contributed by atoms with Gasteiger partial charge in [-0.25, -0.2) is 4.79 Å². The van der Waals surface area contributed by atoms with Gasteiger partial charge in [0.2, 0.25) is 0 Å². The first-order valence-corrected chi connectivity index (χ1v) is 11.1. The maximum atomic E-state index is 12.8. The Morgan fingerprint density at radius 3 is 2.27 bits per heavy atom. The number of aryl methyl sites for hydroxylation is 2. The number of benzene rings is 2. The fourth-order valence-electron chi connectivity index (χ4n) is 3.54. The number of hydrogen-bond donors (Lipinski definition) is 1. The topological polar surface area (TPSA) is 94.2 Å². The molecule has 2 amide bonds. The summed E-state index contributed by atoms with van der Waals surface area (Å²) in [7, 11) is 0. The number of hydrogen-bond acceptors (Lipinski definition) is 6. The van der Waals surface area contributed by atoms with Crippen LogP contribution >= 0.6 is 0 Å². The number of carbonyl (C=O) groups excluding carboxylic acids is 3. The highest BCUT2D eigenvalue weighted by molar-refractivity contribution is 5.94. The number of ether oxygens (including phenoxy) is 3. The number of carbonyl (C=O) groups is 3. The van der Waals surface area contributed by atoms with Gasteiger partial charge in [-0.15, -0.1) is 0 Å². The average molecular weight is 455 g/mol. The summed E-state index contributed by atoms with van der Waals surface area (Å²) in [6.07, 6.45) is 0.566. The second-order valence-corrected chi connectivity index (χ2v) is 7.98. The first kappa shape index (κ1) is 24.1. The van der Waals surface area contributed by atoms with Gasteiger partial charge in [0.15, 0.2) is 6.61 Å². The summed E-state index contributed by atoms with van der Waals surface area (Å²) >= 11 is 0. The van der Waals surface area contributed by atoms with Crippen molar-refractivity contribution in [3.63, 3.8) is 0 Å². The Balaban J connectivity index is 1.42. The minimum Gasteiger partial charge on any atom is -0.484 e. The van der Waals surface area contributed by atoms with Gasteiger partial charge < -0.3 is 24.4 Å². The number of rotatable bonds is 7. The van der Waals surface area contributed by atoms with Crippen molar-refractivity contribution in [2.45, 2.75) is 39.7 Å². The molecule has 1 fully saturated rings. The van der Waals surface area contributed by atoms with E-state index in [1.807, 2.05) is 32.0 Å². The first-order chi connectivity index (χ1) is 15.9. The van der Waals surface area contributed by atoms with Crippen LogP contribution in [0.2, 0.25) is 0 Å². The summed E-state index contributed by atoms with van der Waals surface area (Å²) in [5.74, 6) is 0.720. The Labute approximate surface area is 193 Å². The van der Waals surface area contributed by atoms with Crippen LogP contribution in [0, 0.1) is 13.8 Å². The van der Waals surface area contributed by atoms with Crippen molar-refractivity contribution < 1.29 is 28.6 Å². The van der Waals surface area contributed by atoms with Gasteiger partial charge in [0.25, 0.3) is 11.8 Å². The van der Waals surface area contributed by atoms with Crippen LogP contribution in [-0.2, 0) is 9.53 Å². The van der Waals surface area contributed by atoms with E-state index in [9.17, 15) is 14.4 Å². The monoisotopic (exact) mass is 454 g/mol. The van der Waals surface area contributed by atoms with Crippen LogP contribution in [0.25, 0.3) is 0 Å². The molecule has 2 aromatic carbocycles. The van der Waals surface area contributed by atoms with E-state index in [1.54, 1.807) is 36.1 Å². The highest BCUT2D eigenvalue weighted by Crippen LogP contribution is 2.18. The Morgan fingerprint density at radius 1 is 0.970 bits per heavy atom. The zero-order valence-corrected chi connectivity index (χ0v) is 19.3. The highest BCUT2D eigenvalue weighted by atomic mass is 16.7. The lowest BCUT2D eigenvalue weighted by Crippen LogP contribution is -2.47. The number of amides is 2. The average Bonchev–Trinajstić information content (AvgIpc) is 2.80. The first-order valence-electron chi connectivity index (χ1n) is 11.1. The van der Waals surface area contributed by atoms with Crippen LogP contribution in [0.4, 0.5) is 4.79 Å². The van der Waals surface area contributed by atoms with Gasteiger partial charge >= 0.3 is 6.16 Å². The lowest BCUT2D eigenvalue weighted by atomic mass is 10.0. The normalized spacial score (nSPS) is 13.8. The lowest BCUT2D eigenvalue weighted by molar-refractivity contribution is -0.124. The smallest absolute Gasteiger partial charge is 0.484 e. The molecule has 0 radical (unpaired) electrons. The van der Waals surface area contributed by atoms with Crippen LogP contribution in [-0.4, -0.2) is 55.2 Å². The molecule has 2 aromatic rings. The van der Waals surface area contributed by atoms with Gasteiger partial charge in [-0.3, -0.25) is 9.59 Å². The fraction of sp³-hybridized carbons (Fsp3) is 0.400. The van der Waals surface area contributed by atoms with Gasteiger partial charge in [-0.1, -0.05) is 6.07 Å². The van der Waals surface area contributed by atoms with Crippen molar-refractivity contribution in [2.24, 2.45) is 0 Å². The molecule has 8 heteroatoms. The summed E-state index contributed by atoms with van der Waals surface area (Å²) in [6.45, 7) is 7.00. The van der Waals surface area contributed by atoms with Gasteiger partial charge in [-0.2, -0.15) is 0 Å². The molecule has 0 aromatic heterocycles. The van der Waals surface area contributed by atoms with E-state index in [0.29, 0.717) is 43.0 Å². The molecule has 0 saturated carbocycles. The minimum atomic E-state index is -0.778. The largest absolute Gasteiger partial charge is 0.513 e. The molecule has 33 heavy (non-hydrogen) atoms. The highest BCUT2D eigenvalue weighted by Gasteiger charge is 2.25. The van der Waals surface area contributed by atoms with E-state index in [1.165, 1.54) is 5.56 Å². The second kappa shape index (κ2) is 11.4. The molecule has 176 valence electrons. The summed E-state index contributed by atoms with van der Waals surface area (Å²) < 4.78 is 15.3. The van der Waals surface area contributed by atoms with E-state index in [4.69, 9.17) is 14.2 Å². The van der Waals surface area contributed by atoms with Crippen LogP contribution in [0.1, 0.15) is 41.3 Å². The molecule has 0 bridgehead atoms. The third-order valence-corrected chi connectivity index (χ3v) is 5.56. The standard InChI is InChI=1S/C25H30N2O6/c1-4-31-25(30)33-21-9-6-19(7-10-21)24(29)27-13-11-20(12-14-27)26-23(28)16-32-22-8-5-17(2)18(3)15-22/h5-10,15,20H,4,11-14,16H2,1-3H3,(H,26,28). The van der Waals surface area contributed by atoms with Crippen LogP contribution < -0.4 is 14.8 Å². The molecule has 1 aliphatic rings. The summed E-state index contributed by atoms with van der Waals surface area (Å²) in [5, 5.41) is 2.99. The quantitative estimate of drug-likeness (QED) is 0.507. The van der Waals surface area contributed by atoms with Gasteiger partial charge in [0.05, 0.1) is 6.61 Å². The van der Waals surface area contributed by atoms with Crippen LogP contribution in [0.3, 0.4) is 0 Å². The van der Waals surface area contributed by atoms with Crippen LogP contribution in [0.15, 0.2) is 42.5 Å². The predicted octanol–water partition coefficient (Wildman–Crippen LogP) is 3.64. The maximum absolute atomic E-state index is 12.8. The Morgan fingerprint density at radius 2 is 1.64 bits per heavy atom. The number of likely N-dealkylation sites (tertiary alicyclic amines) is 1. The summed E-state index contributed by atoms with van der Waals surface area (Å²) in [4.78, 5) is 38.1. The van der Waals surface area contributed by atoms with Gasteiger partial charge in [0, 0.05) is 24.7 Å². The molecule has 0 spiro atoms. The molecule has 0 unspecified atom stereocenters. The number of nitrogens with zero attached hydrogens (tertiary/aromatic N) is 1. The molecule has 1 aliphatic heterocycles. The van der Waals surface area contributed by atoms with Gasteiger partial charge in [0.1, 0.15) is 11.5 Å². The van der Waals surface area contributed by atoms with E-state index in [2.05, 4.69) is 5.32 Å². The third kappa shape index (κ3) is 6.97. The van der Waals surface area contributed by atoms with Crippen molar-refractivity contribution in [3.05, 3.63) is 59.2 Å². The van der Waals surface area contributed by atoms with Crippen molar-refractivity contribution in [1.82, 2.24) is 10.2 Å². The second-order valence-electron chi connectivity index (χ2n) is 7.98. The van der Waals surface area contributed by atoms with Crippen molar-refractivity contribution in [2.75, 3.05) is 26.3 Å². The number of piperidine rings is 1. The van der Waals surface area contributed by atoms with E-state index in [-0.39, 0.29) is 31.1 Å². The molecular formula is C25H30N2O6. The van der Waals surface area contributed by atoms with E-state index >= 15 is 0 Å². The van der Waals surface area contributed by atoms with Crippen molar-refractivity contribution in [1.29, 1.82) is 0 Å². The lowest BCUT2D eigenvalue weighted by Gasteiger charge is -2.32. The zero-order valence-electron chi connectivity index (χ0n) is 19.3. The molecule has 1 saturated heterocycles. The molecule has 1 heterocycles. The Kier molecular flexibility index (Phi) is 8.29. The maximum Gasteiger partial charge on any atom is 0.513 e. The summed E-state index contributed by atoms with van der Waals surface area (Å²) in [5.41, 5.74) is 2.80. The van der Waals surface area contributed by atoms with E-state index < -0.39 is 6.16 Å². The molecular weight excluding hydrogens is 424 g/mol. The van der Waals surface area contributed by atoms with E-state index in [0.717, 1.165) is 5.56 Å². The molecule has 1 N–H and O–H groups in total. The van der Waals surface area contributed by atoms with Crippen LogP contribution in [0.5, 0.6) is 11.5 Å². The van der Waals surface area contributed by atoms with Gasteiger partial charge in [-0.05, 0) is 81.1 Å². The Hall–Kier alpha value is -3.55. The minimum absolute atomic E-state index is 0.00487. The molecule has 0 atom stereocenters. The Bertz CT molecular complexity index is 981. The molecule has 8 nitrogen and oxygen atoms in total. The molecule has 3 rings (SSSR count). The number of nitrogens with one attached hydrogen (secondary N) is 1. The fourth-order valence-corrected chi connectivity index (χ4v) is 3.54. The van der Waals surface area contributed by atoms with Crippen molar-refractivity contribution >= 4 is 18.0 Å². The summed E-state index contributed by atoms with van der Waals surface area (Å²) in [6, 6.07) is 12.1. The third-order valence-electron chi connectivity index (χ3n) is 5.56. The SMILES string of the molecule is CCOC(=O)Oc1ccc(C(=O)N2CCC(NC(=O)COc3ccc(C)c(C)c3)CC2)cc1. The predicted molar refractivity (Wildman–Crippen MR) is 123 cm³/mol. The zero-order chi connectivity index (χ0) is 23.8. The van der Waals surface area contributed by atoms with Crippen molar-refractivity contribution in [3.8, 4) is 11.5 Å².